The number of primary amides is 1. The second-order valence-electron chi connectivity index (χ2n) is 17.1. The molecule has 0 radical (unpaired) electrons. The lowest BCUT2D eigenvalue weighted by Crippen LogP contribution is -2.41. The maximum atomic E-state index is 13.1. The number of hydrogen-bond donors (Lipinski definition) is 5. The molecule has 14 nitrogen and oxygen atoms in total. The van der Waals surface area contributed by atoms with Crippen LogP contribution in [0, 0.1) is 13.8 Å². The van der Waals surface area contributed by atoms with E-state index in [9.17, 15) is 19.2 Å². The number of fused-ring (bicyclic) bond motifs is 12. The van der Waals surface area contributed by atoms with Crippen molar-refractivity contribution >= 4 is 56.9 Å². The number of H-pyrrole nitrogens is 4. The second kappa shape index (κ2) is 13.2. The summed E-state index contributed by atoms with van der Waals surface area (Å²) < 4.78 is 5.11. The largest absolute Gasteiger partial charge is 0.465 e. The van der Waals surface area contributed by atoms with Crippen molar-refractivity contribution in [3.05, 3.63) is 69.0 Å². The number of amides is 3. The molecule has 3 amide bonds. The molecule has 58 heavy (non-hydrogen) atoms. The van der Waals surface area contributed by atoms with Gasteiger partial charge in [0.2, 0.25) is 17.7 Å². The molecule has 2 aliphatic carbocycles. The fourth-order valence-electron chi connectivity index (χ4n) is 9.69. The van der Waals surface area contributed by atoms with Crippen LogP contribution in [0.15, 0.2) is 24.3 Å². The van der Waals surface area contributed by atoms with Gasteiger partial charge in [-0.05, 0) is 134 Å². The van der Waals surface area contributed by atoms with E-state index in [0.717, 1.165) is 117 Å². The summed E-state index contributed by atoms with van der Waals surface area (Å²) in [4.78, 5) is 60.0. The van der Waals surface area contributed by atoms with Gasteiger partial charge in [0.1, 0.15) is 24.5 Å². The number of aromatic nitrogens is 6. The average molecular weight is 784 g/mol. The Hall–Kier alpha value is -6.18. The molecule has 10 rings (SSSR count). The zero-order valence-electron chi connectivity index (χ0n) is 34.1. The van der Waals surface area contributed by atoms with Gasteiger partial charge in [-0.1, -0.05) is 0 Å². The highest BCUT2D eigenvalue weighted by Crippen LogP contribution is 2.48. The lowest BCUT2D eigenvalue weighted by molar-refractivity contribution is -0.142. The van der Waals surface area contributed by atoms with Crippen LogP contribution in [0.4, 0.5) is 11.4 Å². The topological polar surface area (TPSA) is 199 Å². The van der Waals surface area contributed by atoms with Crippen LogP contribution in [0.3, 0.4) is 0 Å². The van der Waals surface area contributed by atoms with Crippen LogP contribution in [0.25, 0.3) is 44.6 Å². The molecule has 6 aromatic rings. The van der Waals surface area contributed by atoms with E-state index >= 15 is 0 Å². The standard InChI is InChI=1S/C23H26N4O3.C21H23N5O2/c1-5-30-19(28)11-27-18-9-15-14-8-6-7-13-12(2)25-26-21(13)20(14)24-17(15)10-16(18)23(3,4)22(27)29;1-10-11-5-4-6-12-13-7-16-14(8-15(13)23-18(12)19(11)25-24-10)21(2,3)20(28)26(16)9-17(22)27/h9-10,24H,5-8,11H2,1-4H3,(H,25,26);7-8,23H,4-6,9H2,1-3H3,(H2,22,27)(H,24,25). The summed E-state index contributed by atoms with van der Waals surface area (Å²) in [6.45, 7) is 13.6. The fraction of sp³-hybridized carbons (Fsp3) is 0.409. The van der Waals surface area contributed by atoms with E-state index in [1.807, 2.05) is 33.8 Å². The van der Waals surface area contributed by atoms with E-state index in [1.165, 1.54) is 27.2 Å². The van der Waals surface area contributed by atoms with Gasteiger partial charge in [0.05, 0.1) is 28.8 Å². The Morgan fingerprint density at radius 1 is 0.707 bits per heavy atom. The van der Waals surface area contributed by atoms with E-state index < -0.39 is 16.7 Å². The molecular formula is C44H49N9O5. The molecule has 0 saturated carbocycles. The van der Waals surface area contributed by atoms with E-state index in [4.69, 9.17) is 10.5 Å². The number of aromatic amines is 4. The zero-order valence-corrected chi connectivity index (χ0v) is 34.1. The first-order valence-electron chi connectivity index (χ1n) is 20.2. The summed E-state index contributed by atoms with van der Waals surface area (Å²) in [6.07, 6.45) is 5.95. The Morgan fingerprint density at radius 2 is 1.14 bits per heavy atom. The van der Waals surface area contributed by atoms with Gasteiger partial charge < -0.3 is 30.2 Å². The lowest BCUT2D eigenvalue weighted by atomic mass is 9.85. The molecule has 0 saturated heterocycles. The number of rotatable bonds is 5. The first-order valence-corrected chi connectivity index (χ1v) is 20.2. The molecule has 0 atom stereocenters. The Balaban J connectivity index is 0.000000151. The van der Waals surface area contributed by atoms with Crippen molar-refractivity contribution in [3.8, 4) is 22.8 Å². The van der Waals surface area contributed by atoms with Crippen molar-refractivity contribution in [2.75, 3.05) is 29.5 Å². The van der Waals surface area contributed by atoms with Gasteiger partial charge in [0.15, 0.2) is 0 Å². The number of benzene rings is 2. The molecule has 2 aliphatic heterocycles. The number of esters is 1. The Labute approximate surface area is 335 Å². The maximum Gasteiger partial charge on any atom is 0.326 e. The van der Waals surface area contributed by atoms with Gasteiger partial charge in [-0.2, -0.15) is 10.2 Å². The number of carbonyl (C=O) groups is 4. The average Bonchev–Trinajstić information content (AvgIpc) is 3.94. The van der Waals surface area contributed by atoms with Crippen LogP contribution in [0.2, 0.25) is 0 Å². The molecule has 0 fully saturated rings. The highest BCUT2D eigenvalue weighted by molar-refractivity contribution is 6.13. The number of aryl methyl sites for hydroxylation is 4. The first-order chi connectivity index (χ1) is 27.6. The number of ether oxygens (including phenoxy) is 1. The van der Waals surface area contributed by atoms with Crippen LogP contribution >= 0.6 is 0 Å². The van der Waals surface area contributed by atoms with E-state index in [-0.39, 0.29) is 30.9 Å². The fourth-order valence-corrected chi connectivity index (χ4v) is 9.69. The minimum absolute atomic E-state index is 0.0655. The van der Waals surface area contributed by atoms with Crippen molar-refractivity contribution < 1.29 is 23.9 Å². The highest BCUT2D eigenvalue weighted by atomic mass is 16.5. The normalized spacial score (nSPS) is 17.2. The lowest BCUT2D eigenvalue weighted by Gasteiger charge is -2.19. The number of nitrogens with two attached hydrogens (primary N) is 1. The van der Waals surface area contributed by atoms with Crippen molar-refractivity contribution in [1.29, 1.82) is 0 Å². The number of nitrogens with one attached hydrogen (secondary N) is 4. The molecule has 0 bridgehead atoms. The second-order valence-corrected chi connectivity index (χ2v) is 17.1. The number of hydrogen-bond acceptors (Lipinski definition) is 7. The highest BCUT2D eigenvalue weighted by Gasteiger charge is 2.46. The van der Waals surface area contributed by atoms with Crippen LogP contribution < -0.4 is 15.5 Å². The van der Waals surface area contributed by atoms with Crippen molar-refractivity contribution in [2.24, 2.45) is 5.73 Å². The summed E-state index contributed by atoms with van der Waals surface area (Å²) in [5.74, 6) is -1.07. The van der Waals surface area contributed by atoms with Gasteiger partial charge in [-0.15, -0.1) is 0 Å². The third-order valence-electron chi connectivity index (χ3n) is 12.8. The van der Waals surface area contributed by atoms with Gasteiger partial charge in [0.25, 0.3) is 0 Å². The number of nitrogens with zero attached hydrogens (tertiary/aromatic N) is 4. The van der Waals surface area contributed by atoms with E-state index in [1.54, 1.807) is 11.8 Å². The van der Waals surface area contributed by atoms with Crippen LogP contribution in [-0.2, 0) is 60.4 Å². The van der Waals surface area contributed by atoms with Gasteiger partial charge >= 0.3 is 5.97 Å². The van der Waals surface area contributed by atoms with Crippen molar-refractivity contribution in [3.63, 3.8) is 0 Å². The number of carbonyl (C=O) groups excluding carboxylic acids is 4. The molecular weight excluding hydrogens is 735 g/mol. The Bertz CT molecular complexity index is 2740. The quantitative estimate of drug-likeness (QED) is 0.132. The number of anilines is 2. The van der Waals surface area contributed by atoms with Gasteiger partial charge in [0, 0.05) is 55.7 Å². The molecule has 4 aromatic heterocycles. The van der Waals surface area contributed by atoms with Crippen LogP contribution in [0.1, 0.15) is 92.2 Å². The summed E-state index contributed by atoms with van der Waals surface area (Å²) in [5.41, 5.74) is 20.8. The Kier molecular flexibility index (Phi) is 8.50. The summed E-state index contributed by atoms with van der Waals surface area (Å²) in [5, 5.41) is 17.5. The minimum atomic E-state index is -0.702. The minimum Gasteiger partial charge on any atom is -0.465 e. The predicted molar refractivity (Wildman–Crippen MR) is 222 cm³/mol. The van der Waals surface area contributed by atoms with E-state index in [2.05, 4.69) is 62.4 Å². The first kappa shape index (κ1) is 37.4. The summed E-state index contributed by atoms with van der Waals surface area (Å²) in [7, 11) is 0. The molecule has 0 unspecified atom stereocenters. The molecule has 0 spiro atoms. The Morgan fingerprint density at radius 3 is 1.57 bits per heavy atom. The maximum absolute atomic E-state index is 13.1. The van der Waals surface area contributed by atoms with Crippen molar-refractivity contribution in [2.45, 2.75) is 97.8 Å². The molecule has 4 aliphatic rings. The van der Waals surface area contributed by atoms with Crippen LogP contribution in [-0.4, -0.2) is 73.7 Å². The van der Waals surface area contributed by atoms with E-state index in [0.29, 0.717) is 6.61 Å². The molecule has 6 N–H and O–H groups in total. The zero-order chi connectivity index (χ0) is 41.0. The third kappa shape index (κ3) is 5.51. The summed E-state index contributed by atoms with van der Waals surface area (Å²) >= 11 is 0. The predicted octanol–water partition coefficient (Wildman–Crippen LogP) is 6.01. The third-order valence-corrected chi connectivity index (χ3v) is 12.8. The molecule has 14 heteroatoms. The van der Waals surface area contributed by atoms with Gasteiger partial charge in [-0.3, -0.25) is 29.4 Å². The monoisotopic (exact) mass is 783 g/mol. The summed E-state index contributed by atoms with van der Waals surface area (Å²) in [6, 6.07) is 8.23. The molecule has 6 heterocycles. The molecule has 2 aromatic carbocycles. The van der Waals surface area contributed by atoms with Gasteiger partial charge in [-0.25, -0.2) is 0 Å². The van der Waals surface area contributed by atoms with Crippen molar-refractivity contribution in [1.82, 2.24) is 30.4 Å². The van der Waals surface area contributed by atoms with Crippen LogP contribution in [0.5, 0.6) is 0 Å². The SMILES string of the molecule is CCOC(=O)CN1C(=O)C(C)(C)c2cc3[nH]c4c(c3cc21)CCCc1c-4n[nH]c1C.Cc1[nH]nc2c1CCCc1c-2[nH]c2cc3c(cc12)N(CC(N)=O)C(=O)C3(C)C. The molecule has 300 valence electrons. The smallest absolute Gasteiger partial charge is 0.326 e.